The standard InChI is InChI=1S/C16H27NO4/c1-11-8-12(20-13(18)15(2,3)4)10-17(9-11)14(19)21-16(5,6)7/h8,12H,9-10H2,1-7H3. The van der Waals surface area contributed by atoms with E-state index in [1.54, 1.807) is 25.7 Å². The SMILES string of the molecule is CC1=CC(OC(=O)C(C)(C)C)CN(C(=O)OC(C)(C)C)C1. The second kappa shape index (κ2) is 6.08. The summed E-state index contributed by atoms with van der Waals surface area (Å²) in [6, 6.07) is 0. The zero-order chi connectivity index (χ0) is 16.4. The summed E-state index contributed by atoms with van der Waals surface area (Å²) in [6.07, 6.45) is 1.09. The second-order valence-electron chi connectivity index (χ2n) is 7.57. The normalized spacial score (nSPS) is 19.9. The zero-order valence-corrected chi connectivity index (χ0v) is 14.1. The Balaban J connectivity index is 2.72. The summed E-state index contributed by atoms with van der Waals surface area (Å²) in [5.41, 5.74) is -0.113. The van der Waals surface area contributed by atoms with Crippen molar-refractivity contribution < 1.29 is 19.1 Å². The van der Waals surface area contributed by atoms with Crippen LogP contribution < -0.4 is 0 Å². The molecule has 5 heteroatoms. The number of esters is 1. The molecule has 5 nitrogen and oxygen atoms in total. The number of carbonyl (C=O) groups is 2. The number of hydrogen-bond acceptors (Lipinski definition) is 4. The smallest absolute Gasteiger partial charge is 0.410 e. The van der Waals surface area contributed by atoms with Gasteiger partial charge >= 0.3 is 12.1 Å². The average Bonchev–Trinajstić information content (AvgIpc) is 2.24. The van der Waals surface area contributed by atoms with Crippen molar-refractivity contribution in [3.63, 3.8) is 0 Å². The maximum absolute atomic E-state index is 12.1. The molecule has 0 bridgehead atoms. The van der Waals surface area contributed by atoms with E-state index in [0.717, 1.165) is 5.57 Å². The number of carbonyl (C=O) groups excluding carboxylic acids is 2. The van der Waals surface area contributed by atoms with Crippen molar-refractivity contribution in [1.29, 1.82) is 0 Å². The summed E-state index contributed by atoms with van der Waals surface area (Å²) >= 11 is 0. The first-order valence-corrected chi connectivity index (χ1v) is 7.25. The highest BCUT2D eigenvalue weighted by Crippen LogP contribution is 2.21. The molecule has 0 aromatic heterocycles. The Hall–Kier alpha value is -1.52. The first-order valence-electron chi connectivity index (χ1n) is 7.25. The van der Waals surface area contributed by atoms with Gasteiger partial charge in [-0.05, 0) is 54.5 Å². The van der Waals surface area contributed by atoms with Gasteiger partial charge in [-0.1, -0.05) is 5.57 Å². The molecule has 0 spiro atoms. The first kappa shape index (κ1) is 17.5. The summed E-state index contributed by atoms with van der Waals surface area (Å²) in [5.74, 6) is -0.275. The van der Waals surface area contributed by atoms with Crippen molar-refractivity contribution in [1.82, 2.24) is 4.90 Å². The molecule has 0 N–H and O–H groups in total. The van der Waals surface area contributed by atoms with Crippen LogP contribution in [0.4, 0.5) is 4.79 Å². The largest absolute Gasteiger partial charge is 0.456 e. The van der Waals surface area contributed by atoms with Crippen LogP contribution in [0, 0.1) is 5.41 Å². The second-order valence-corrected chi connectivity index (χ2v) is 7.57. The van der Waals surface area contributed by atoms with Crippen LogP contribution in [0.2, 0.25) is 0 Å². The van der Waals surface area contributed by atoms with E-state index in [2.05, 4.69) is 0 Å². The minimum Gasteiger partial charge on any atom is -0.456 e. The molecular formula is C16H27NO4. The third kappa shape index (κ3) is 5.78. The van der Waals surface area contributed by atoms with E-state index in [0.29, 0.717) is 13.1 Å². The molecule has 0 aromatic carbocycles. The van der Waals surface area contributed by atoms with Crippen LogP contribution in [-0.2, 0) is 14.3 Å². The van der Waals surface area contributed by atoms with Gasteiger partial charge < -0.3 is 14.4 Å². The minimum absolute atomic E-state index is 0.275. The Kier molecular flexibility index (Phi) is 5.07. The molecule has 1 atom stereocenters. The van der Waals surface area contributed by atoms with Crippen LogP contribution in [-0.4, -0.2) is 41.8 Å². The van der Waals surface area contributed by atoms with Gasteiger partial charge in [0.1, 0.15) is 11.7 Å². The Labute approximate surface area is 127 Å². The van der Waals surface area contributed by atoms with Gasteiger partial charge in [0.05, 0.1) is 12.0 Å². The lowest BCUT2D eigenvalue weighted by Gasteiger charge is -2.33. The van der Waals surface area contributed by atoms with Crippen molar-refractivity contribution >= 4 is 12.1 Å². The van der Waals surface area contributed by atoms with Crippen molar-refractivity contribution in [2.24, 2.45) is 5.41 Å². The lowest BCUT2D eigenvalue weighted by molar-refractivity contribution is -0.157. The minimum atomic E-state index is -0.560. The average molecular weight is 297 g/mol. The number of amides is 1. The number of rotatable bonds is 1. The molecule has 1 aliphatic rings. The van der Waals surface area contributed by atoms with Crippen LogP contribution in [0.25, 0.3) is 0 Å². The molecule has 1 heterocycles. The summed E-state index contributed by atoms with van der Waals surface area (Å²) in [7, 11) is 0. The van der Waals surface area contributed by atoms with E-state index >= 15 is 0 Å². The van der Waals surface area contributed by atoms with E-state index < -0.39 is 17.1 Å². The van der Waals surface area contributed by atoms with Gasteiger partial charge in [0.25, 0.3) is 0 Å². The summed E-state index contributed by atoms with van der Waals surface area (Å²) < 4.78 is 10.8. The van der Waals surface area contributed by atoms with Crippen molar-refractivity contribution in [3.05, 3.63) is 11.6 Å². The fraction of sp³-hybridized carbons (Fsp3) is 0.750. The van der Waals surface area contributed by atoms with E-state index in [4.69, 9.17) is 9.47 Å². The Bertz CT molecular complexity index is 440. The third-order valence-electron chi connectivity index (χ3n) is 2.83. The third-order valence-corrected chi connectivity index (χ3v) is 2.83. The Morgan fingerprint density at radius 1 is 1.19 bits per heavy atom. The van der Waals surface area contributed by atoms with Crippen molar-refractivity contribution in [2.45, 2.75) is 60.2 Å². The van der Waals surface area contributed by atoms with Crippen LogP contribution in [0.1, 0.15) is 48.5 Å². The van der Waals surface area contributed by atoms with Gasteiger partial charge in [0.15, 0.2) is 0 Å². The highest BCUT2D eigenvalue weighted by Gasteiger charge is 2.31. The molecule has 0 saturated carbocycles. The molecule has 1 rings (SSSR count). The molecule has 0 aromatic rings. The Morgan fingerprint density at radius 2 is 1.76 bits per heavy atom. The number of nitrogens with zero attached hydrogens (tertiary/aromatic N) is 1. The van der Waals surface area contributed by atoms with E-state index in [-0.39, 0.29) is 12.1 Å². The van der Waals surface area contributed by atoms with Crippen LogP contribution in [0.15, 0.2) is 11.6 Å². The van der Waals surface area contributed by atoms with Crippen molar-refractivity contribution in [3.8, 4) is 0 Å². The van der Waals surface area contributed by atoms with Gasteiger partial charge in [-0.15, -0.1) is 0 Å². The van der Waals surface area contributed by atoms with Crippen LogP contribution in [0.3, 0.4) is 0 Å². The number of hydrogen-bond donors (Lipinski definition) is 0. The summed E-state index contributed by atoms with van der Waals surface area (Å²) in [5, 5.41) is 0. The zero-order valence-electron chi connectivity index (χ0n) is 14.1. The quantitative estimate of drug-likeness (QED) is 0.551. The first-order chi connectivity index (χ1) is 9.38. The van der Waals surface area contributed by atoms with Gasteiger partial charge in [0, 0.05) is 6.54 Å². The number of ether oxygens (including phenoxy) is 2. The topological polar surface area (TPSA) is 55.8 Å². The molecule has 1 aliphatic heterocycles. The maximum atomic E-state index is 12.1. The maximum Gasteiger partial charge on any atom is 0.410 e. The van der Waals surface area contributed by atoms with Gasteiger partial charge in [0.2, 0.25) is 0 Å². The van der Waals surface area contributed by atoms with Gasteiger partial charge in [-0.3, -0.25) is 4.79 Å². The molecule has 1 amide bonds. The fourth-order valence-corrected chi connectivity index (χ4v) is 1.86. The van der Waals surface area contributed by atoms with E-state index in [1.165, 1.54) is 0 Å². The molecule has 21 heavy (non-hydrogen) atoms. The van der Waals surface area contributed by atoms with Crippen LogP contribution >= 0.6 is 0 Å². The molecule has 1 unspecified atom stereocenters. The molecule has 120 valence electrons. The lowest BCUT2D eigenvalue weighted by Crippen LogP contribution is -2.45. The van der Waals surface area contributed by atoms with Crippen molar-refractivity contribution in [2.75, 3.05) is 13.1 Å². The predicted molar refractivity (Wildman–Crippen MR) is 80.9 cm³/mol. The van der Waals surface area contributed by atoms with E-state index in [9.17, 15) is 9.59 Å². The monoisotopic (exact) mass is 297 g/mol. The van der Waals surface area contributed by atoms with Gasteiger partial charge in [-0.2, -0.15) is 0 Å². The molecule has 0 radical (unpaired) electrons. The molecule has 0 saturated heterocycles. The Morgan fingerprint density at radius 3 is 2.24 bits per heavy atom. The highest BCUT2D eigenvalue weighted by molar-refractivity contribution is 5.76. The predicted octanol–water partition coefficient (Wildman–Crippen LogP) is 3.14. The molecule has 0 aliphatic carbocycles. The molecule has 0 fully saturated rings. The summed E-state index contributed by atoms with van der Waals surface area (Å²) in [4.78, 5) is 25.7. The van der Waals surface area contributed by atoms with Gasteiger partial charge in [-0.25, -0.2) is 4.79 Å². The molecular weight excluding hydrogens is 270 g/mol. The lowest BCUT2D eigenvalue weighted by atomic mass is 9.97. The van der Waals surface area contributed by atoms with Crippen LogP contribution in [0.5, 0.6) is 0 Å². The fourth-order valence-electron chi connectivity index (χ4n) is 1.86. The van der Waals surface area contributed by atoms with E-state index in [1.807, 2.05) is 33.8 Å². The summed E-state index contributed by atoms with van der Waals surface area (Å²) in [6.45, 7) is 13.6. The highest BCUT2D eigenvalue weighted by atomic mass is 16.6.